The van der Waals surface area contributed by atoms with E-state index in [9.17, 15) is 4.79 Å². The third-order valence-electron chi connectivity index (χ3n) is 3.39. The molecule has 0 atom stereocenters. The van der Waals surface area contributed by atoms with Crippen molar-refractivity contribution in [1.29, 1.82) is 0 Å². The molecule has 1 amide bonds. The van der Waals surface area contributed by atoms with Gasteiger partial charge >= 0.3 is 6.09 Å². The molecule has 1 N–H and O–H groups in total. The Labute approximate surface area is 142 Å². The highest BCUT2D eigenvalue weighted by atomic mass is 16.5. The molecule has 0 bridgehead atoms. The Kier molecular flexibility index (Phi) is 7.47. The van der Waals surface area contributed by atoms with Crippen LogP contribution in [-0.2, 0) is 11.2 Å². The summed E-state index contributed by atoms with van der Waals surface area (Å²) < 4.78 is 15.7. The van der Waals surface area contributed by atoms with E-state index in [1.54, 1.807) is 7.11 Å². The Bertz CT molecular complexity index is 599. The second-order valence-corrected chi connectivity index (χ2v) is 5.18. The van der Waals surface area contributed by atoms with Crippen molar-refractivity contribution in [2.24, 2.45) is 0 Å². The van der Waals surface area contributed by atoms with Crippen LogP contribution < -0.4 is 14.8 Å². The monoisotopic (exact) mass is 329 g/mol. The van der Waals surface area contributed by atoms with Crippen LogP contribution in [0.3, 0.4) is 0 Å². The normalized spacial score (nSPS) is 10.0. The first kappa shape index (κ1) is 17.7. The largest absolute Gasteiger partial charge is 0.497 e. The molecule has 0 saturated carbocycles. The van der Waals surface area contributed by atoms with Crippen LogP contribution in [0.5, 0.6) is 11.5 Å². The summed E-state index contributed by atoms with van der Waals surface area (Å²) in [6, 6.07) is 17.4. The highest BCUT2D eigenvalue weighted by Crippen LogP contribution is 2.16. The number of hydrogen-bond acceptors (Lipinski definition) is 4. The van der Waals surface area contributed by atoms with Crippen molar-refractivity contribution in [3.05, 3.63) is 60.2 Å². The molecule has 24 heavy (non-hydrogen) atoms. The predicted octanol–water partition coefficient (Wildman–Crippen LogP) is 3.43. The smallest absolute Gasteiger partial charge is 0.407 e. The van der Waals surface area contributed by atoms with Gasteiger partial charge in [-0.3, -0.25) is 0 Å². The maximum Gasteiger partial charge on any atom is 0.407 e. The topological polar surface area (TPSA) is 56.8 Å². The summed E-state index contributed by atoms with van der Waals surface area (Å²) in [6.07, 6.45) is 1.29. The van der Waals surface area contributed by atoms with Crippen LogP contribution in [0.2, 0.25) is 0 Å². The minimum atomic E-state index is -0.415. The van der Waals surface area contributed by atoms with Crippen molar-refractivity contribution in [3.8, 4) is 11.5 Å². The molecule has 5 nitrogen and oxygen atoms in total. The molecule has 2 aromatic carbocycles. The first-order valence-electron chi connectivity index (χ1n) is 7.99. The number of benzene rings is 2. The van der Waals surface area contributed by atoms with E-state index in [-0.39, 0.29) is 0 Å². The minimum absolute atomic E-state index is 0.380. The molecule has 0 spiro atoms. The van der Waals surface area contributed by atoms with Gasteiger partial charge in [0.25, 0.3) is 0 Å². The molecule has 0 heterocycles. The average molecular weight is 329 g/mol. The molecule has 0 unspecified atom stereocenters. The molecule has 0 radical (unpaired) electrons. The van der Waals surface area contributed by atoms with Gasteiger partial charge in [-0.15, -0.1) is 0 Å². The SMILES string of the molecule is COc1ccc(OCCNC(=O)OCCCc2ccccc2)cc1. The fraction of sp³-hybridized carbons (Fsp3) is 0.316. The molecule has 2 aromatic rings. The molecular formula is C19H23NO4. The molecule has 128 valence electrons. The van der Waals surface area contributed by atoms with Gasteiger partial charge in [0.1, 0.15) is 18.1 Å². The van der Waals surface area contributed by atoms with Gasteiger partial charge in [0.05, 0.1) is 20.3 Å². The van der Waals surface area contributed by atoms with Gasteiger partial charge in [-0.05, 0) is 42.7 Å². The fourth-order valence-electron chi connectivity index (χ4n) is 2.13. The minimum Gasteiger partial charge on any atom is -0.497 e. The molecule has 0 fully saturated rings. The number of amides is 1. The van der Waals surface area contributed by atoms with Crippen LogP contribution in [0.25, 0.3) is 0 Å². The van der Waals surface area contributed by atoms with Crippen molar-refractivity contribution >= 4 is 6.09 Å². The lowest BCUT2D eigenvalue weighted by Gasteiger charge is -2.09. The molecule has 0 aliphatic carbocycles. The Balaban J connectivity index is 1.51. The summed E-state index contributed by atoms with van der Waals surface area (Å²) in [5.74, 6) is 1.51. The van der Waals surface area contributed by atoms with Crippen LogP contribution in [0.1, 0.15) is 12.0 Å². The van der Waals surface area contributed by atoms with Gasteiger partial charge in [-0.2, -0.15) is 0 Å². The summed E-state index contributed by atoms with van der Waals surface area (Å²) >= 11 is 0. The standard InChI is InChI=1S/C19H23NO4/c1-22-17-9-11-18(12-10-17)23-15-13-20-19(21)24-14-5-8-16-6-3-2-4-7-16/h2-4,6-7,9-12H,5,8,13-15H2,1H3,(H,20,21). The summed E-state index contributed by atoms with van der Waals surface area (Å²) in [6.45, 7) is 1.18. The number of nitrogens with one attached hydrogen (secondary N) is 1. The van der Waals surface area contributed by atoms with Crippen molar-refractivity contribution in [2.45, 2.75) is 12.8 Å². The number of carbonyl (C=O) groups is 1. The molecule has 0 aliphatic heterocycles. The van der Waals surface area contributed by atoms with Gasteiger partial charge < -0.3 is 19.5 Å². The Morgan fingerprint density at radius 1 is 0.958 bits per heavy atom. The van der Waals surface area contributed by atoms with Gasteiger partial charge in [0.15, 0.2) is 0 Å². The van der Waals surface area contributed by atoms with Crippen LogP contribution in [-0.4, -0.2) is 33.0 Å². The summed E-state index contributed by atoms with van der Waals surface area (Å²) in [5, 5.41) is 2.66. The van der Waals surface area contributed by atoms with Gasteiger partial charge in [-0.1, -0.05) is 30.3 Å². The van der Waals surface area contributed by atoms with Crippen LogP contribution in [0.15, 0.2) is 54.6 Å². The number of rotatable bonds is 9. The maximum absolute atomic E-state index is 11.5. The highest BCUT2D eigenvalue weighted by molar-refractivity contribution is 5.67. The van der Waals surface area contributed by atoms with Gasteiger partial charge in [0, 0.05) is 0 Å². The zero-order chi connectivity index (χ0) is 17.0. The van der Waals surface area contributed by atoms with Crippen molar-refractivity contribution < 1.29 is 19.0 Å². The third-order valence-corrected chi connectivity index (χ3v) is 3.39. The van der Waals surface area contributed by atoms with E-state index < -0.39 is 6.09 Å². The second-order valence-electron chi connectivity index (χ2n) is 5.18. The van der Waals surface area contributed by atoms with Gasteiger partial charge in [-0.25, -0.2) is 4.79 Å². The Morgan fingerprint density at radius 2 is 1.67 bits per heavy atom. The van der Waals surface area contributed by atoms with Crippen LogP contribution >= 0.6 is 0 Å². The molecular weight excluding hydrogens is 306 g/mol. The fourth-order valence-corrected chi connectivity index (χ4v) is 2.13. The lowest BCUT2D eigenvalue weighted by Crippen LogP contribution is -2.29. The zero-order valence-corrected chi connectivity index (χ0v) is 13.9. The van der Waals surface area contributed by atoms with E-state index in [0.717, 1.165) is 24.3 Å². The molecule has 0 aliphatic rings. The van der Waals surface area contributed by atoms with E-state index in [2.05, 4.69) is 17.4 Å². The first-order valence-corrected chi connectivity index (χ1v) is 7.99. The van der Waals surface area contributed by atoms with Crippen LogP contribution in [0.4, 0.5) is 4.79 Å². The number of carbonyl (C=O) groups excluding carboxylic acids is 1. The van der Waals surface area contributed by atoms with Gasteiger partial charge in [0.2, 0.25) is 0 Å². The van der Waals surface area contributed by atoms with E-state index in [1.807, 2.05) is 42.5 Å². The Morgan fingerprint density at radius 3 is 2.38 bits per heavy atom. The van der Waals surface area contributed by atoms with Crippen molar-refractivity contribution in [2.75, 3.05) is 26.9 Å². The molecule has 2 rings (SSSR count). The van der Waals surface area contributed by atoms with E-state index in [1.165, 1.54) is 5.56 Å². The summed E-state index contributed by atoms with van der Waals surface area (Å²) in [4.78, 5) is 11.5. The lowest BCUT2D eigenvalue weighted by molar-refractivity contribution is 0.143. The van der Waals surface area contributed by atoms with E-state index >= 15 is 0 Å². The first-order chi connectivity index (χ1) is 11.8. The third kappa shape index (κ3) is 6.60. The van der Waals surface area contributed by atoms with Crippen molar-refractivity contribution in [3.63, 3.8) is 0 Å². The number of aryl methyl sites for hydroxylation is 1. The van der Waals surface area contributed by atoms with Crippen LogP contribution in [0, 0.1) is 0 Å². The summed E-state index contributed by atoms with van der Waals surface area (Å²) in [5.41, 5.74) is 1.24. The second kappa shape index (κ2) is 10.2. The van der Waals surface area contributed by atoms with E-state index in [4.69, 9.17) is 14.2 Å². The van der Waals surface area contributed by atoms with Crippen molar-refractivity contribution in [1.82, 2.24) is 5.32 Å². The quantitative estimate of drug-likeness (QED) is 0.716. The number of alkyl carbamates (subject to hydrolysis) is 1. The Hall–Kier alpha value is -2.69. The number of hydrogen-bond donors (Lipinski definition) is 1. The predicted molar refractivity (Wildman–Crippen MR) is 92.6 cm³/mol. The lowest BCUT2D eigenvalue weighted by atomic mass is 10.1. The van der Waals surface area contributed by atoms with E-state index in [0.29, 0.717) is 19.8 Å². The molecule has 0 aromatic heterocycles. The maximum atomic E-state index is 11.5. The number of ether oxygens (including phenoxy) is 3. The highest BCUT2D eigenvalue weighted by Gasteiger charge is 2.02. The molecule has 0 saturated heterocycles. The number of methoxy groups -OCH3 is 1. The average Bonchev–Trinajstić information content (AvgIpc) is 2.64. The molecule has 5 heteroatoms. The zero-order valence-electron chi connectivity index (χ0n) is 13.9. The summed E-state index contributed by atoms with van der Waals surface area (Å²) in [7, 11) is 1.62.